The van der Waals surface area contributed by atoms with Crippen LogP contribution in [0.3, 0.4) is 0 Å². The smallest absolute Gasteiger partial charge is 0.387 e. The summed E-state index contributed by atoms with van der Waals surface area (Å²) in [4.78, 5) is 4.27. The maximum atomic E-state index is 12.3. The van der Waals surface area contributed by atoms with Gasteiger partial charge in [0.25, 0.3) is 5.89 Å². The van der Waals surface area contributed by atoms with Crippen molar-refractivity contribution in [1.82, 2.24) is 15.5 Å². The summed E-state index contributed by atoms with van der Waals surface area (Å²) in [6.45, 7) is -0.923. The maximum absolute atomic E-state index is 12.3. The quantitative estimate of drug-likeness (QED) is 0.829. The summed E-state index contributed by atoms with van der Waals surface area (Å²) in [6, 6.07) is 4.65. The van der Waals surface area contributed by atoms with E-state index in [1.54, 1.807) is 6.07 Å². The molecule has 2 rings (SSSR count). The van der Waals surface area contributed by atoms with Gasteiger partial charge in [0.2, 0.25) is 0 Å². The van der Waals surface area contributed by atoms with Crippen LogP contribution in [0.25, 0.3) is 11.5 Å². The minimum absolute atomic E-state index is 0. The van der Waals surface area contributed by atoms with Crippen molar-refractivity contribution in [1.29, 1.82) is 0 Å². The van der Waals surface area contributed by atoms with E-state index in [1.165, 1.54) is 19.2 Å². The molecule has 1 atom stereocenters. The molecule has 6 nitrogen and oxygen atoms in total. The number of methoxy groups -OCH3 is 1. The van der Waals surface area contributed by atoms with E-state index in [9.17, 15) is 8.78 Å². The molecule has 23 heavy (non-hydrogen) atoms. The Morgan fingerprint density at radius 1 is 1.30 bits per heavy atom. The van der Waals surface area contributed by atoms with Crippen LogP contribution < -0.4 is 14.8 Å². The van der Waals surface area contributed by atoms with Crippen molar-refractivity contribution in [3.8, 4) is 23.0 Å². The van der Waals surface area contributed by atoms with E-state index in [0.717, 1.165) is 0 Å². The zero-order valence-corrected chi connectivity index (χ0v) is 13.7. The van der Waals surface area contributed by atoms with Crippen LogP contribution in [0, 0.1) is 0 Å². The predicted octanol–water partition coefficient (Wildman–Crippen LogP) is 2.92. The highest BCUT2D eigenvalue weighted by molar-refractivity contribution is 5.85. The Morgan fingerprint density at radius 3 is 2.65 bits per heavy atom. The molecule has 0 saturated carbocycles. The Balaban J connectivity index is 0.00000264. The average Bonchev–Trinajstić information content (AvgIpc) is 2.95. The second-order valence-electron chi connectivity index (χ2n) is 4.65. The number of aromatic nitrogens is 2. The Morgan fingerprint density at radius 2 is 2.04 bits per heavy atom. The molecule has 0 fully saturated rings. The monoisotopic (exact) mass is 349 g/mol. The molecule has 9 heteroatoms. The number of alkyl halides is 2. The zero-order valence-electron chi connectivity index (χ0n) is 12.9. The van der Waals surface area contributed by atoms with Crippen molar-refractivity contribution in [3.63, 3.8) is 0 Å². The van der Waals surface area contributed by atoms with Gasteiger partial charge in [-0.05, 0) is 32.2 Å². The van der Waals surface area contributed by atoms with E-state index < -0.39 is 6.61 Å². The Bertz CT molecular complexity index is 625. The lowest BCUT2D eigenvalue weighted by atomic mass is 10.2. The molecule has 1 aromatic heterocycles. The molecule has 1 heterocycles. The minimum Gasteiger partial charge on any atom is -0.493 e. The van der Waals surface area contributed by atoms with Crippen LogP contribution in [0.2, 0.25) is 0 Å². The van der Waals surface area contributed by atoms with Crippen LogP contribution in [0.1, 0.15) is 12.7 Å². The molecule has 2 aromatic rings. The first kappa shape index (κ1) is 19.1. The molecule has 0 aliphatic heterocycles. The Hall–Kier alpha value is -1.93. The maximum Gasteiger partial charge on any atom is 0.387 e. The number of hydrogen-bond acceptors (Lipinski definition) is 6. The first-order valence-electron chi connectivity index (χ1n) is 6.66. The van der Waals surface area contributed by atoms with Gasteiger partial charge in [0, 0.05) is 18.0 Å². The number of rotatable bonds is 7. The second-order valence-corrected chi connectivity index (χ2v) is 4.65. The van der Waals surface area contributed by atoms with Crippen LogP contribution in [0.15, 0.2) is 22.7 Å². The molecule has 0 radical (unpaired) electrons. The molecule has 0 saturated heterocycles. The van der Waals surface area contributed by atoms with Crippen molar-refractivity contribution >= 4 is 12.4 Å². The molecule has 128 valence electrons. The molecule has 0 aliphatic rings. The van der Waals surface area contributed by atoms with E-state index in [2.05, 4.69) is 20.2 Å². The molecular weight excluding hydrogens is 332 g/mol. The highest BCUT2D eigenvalue weighted by Crippen LogP contribution is 2.32. The number of ether oxygens (including phenoxy) is 2. The summed E-state index contributed by atoms with van der Waals surface area (Å²) in [7, 11) is 3.21. The van der Waals surface area contributed by atoms with Crippen LogP contribution in [-0.2, 0) is 6.42 Å². The molecule has 0 spiro atoms. The fourth-order valence-electron chi connectivity index (χ4n) is 1.82. The predicted molar refractivity (Wildman–Crippen MR) is 82.4 cm³/mol. The summed E-state index contributed by atoms with van der Waals surface area (Å²) in [5.74, 6) is 0.967. The van der Waals surface area contributed by atoms with Crippen molar-refractivity contribution in [2.24, 2.45) is 0 Å². The summed E-state index contributed by atoms with van der Waals surface area (Å²) in [5, 5.41) is 6.97. The number of halogens is 3. The fraction of sp³-hybridized carbons (Fsp3) is 0.429. The first-order valence-corrected chi connectivity index (χ1v) is 6.66. The van der Waals surface area contributed by atoms with Crippen LogP contribution in [0.4, 0.5) is 8.78 Å². The van der Waals surface area contributed by atoms with Gasteiger partial charge in [-0.2, -0.15) is 13.8 Å². The average molecular weight is 350 g/mol. The van der Waals surface area contributed by atoms with E-state index in [-0.39, 0.29) is 29.9 Å². The third-order valence-corrected chi connectivity index (χ3v) is 3.08. The summed E-state index contributed by atoms with van der Waals surface area (Å²) in [5.41, 5.74) is 0.564. The van der Waals surface area contributed by atoms with Gasteiger partial charge in [0.05, 0.1) is 7.11 Å². The van der Waals surface area contributed by atoms with Gasteiger partial charge in [-0.1, -0.05) is 5.16 Å². The molecule has 0 aliphatic carbocycles. The van der Waals surface area contributed by atoms with Gasteiger partial charge in [-0.25, -0.2) is 0 Å². The SMILES string of the molecule is CNC(C)Cc1noc(-c2ccc(OC(F)F)c(OC)c2)n1.Cl. The lowest BCUT2D eigenvalue weighted by Gasteiger charge is -2.10. The van der Waals surface area contributed by atoms with Crippen molar-refractivity contribution in [2.75, 3.05) is 14.2 Å². The van der Waals surface area contributed by atoms with E-state index >= 15 is 0 Å². The van der Waals surface area contributed by atoms with Gasteiger partial charge < -0.3 is 19.3 Å². The number of benzene rings is 1. The first-order chi connectivity index (χ1) is 10.5. The Labute approximate surface area is 138 Å². The fourth-order valence-corrected chi connectivity index (χ4v) is 1.82. The van der Waals surface area contributed by atoms with Crippen LogP contribution in [-0.4, -0.2) is 37.0 Å². The standard InChI is InChI=1S/C14H17F2N3O3.ClH/c1-8(17-2)6-12-18-13(22-19-12)9-4-5-10(21-14(15)16)11(7-9)20-3;/h4-5,7-8,14,17H,6H2,1-3H3;1H. The molecule has 1 aromatic carbocycles. The van der Waals surface area contributed by atoms with E-state index in [0.29, 0.717) is 23.7 Å². The van der Waals surface area contributed by atoms with Crippen molar-refractivity contribution < 1.29 is 22.8 Å². The normalized spacial score (nSPS) is 11.9. The number of nitrogens with one attached hydrogen (secondary N) is 1. The minimum atomic E-state index is -2.92. The number of nitrogens with zero attached hydrogens (tertiary/aromatic N) is 2. The topological polar surface area (TPSA) is 69.4 Å². The molecule has 0 bridgehead atoms. The van der Waals surface area contributed by atoms with Crippen molar-refractivity contribution in [2.45, 2.75) is 26.0 Å². The van der Waals surface area contributed by atoms with Gasteiger partial charge in [-0.3, -0.25) is 0 Å². The van der Waals surface area contributed by atoms with E-state index in [4.69, 9.17) is 9.26 Å². The summed E-state index contributed by atoms with van der Waals surface area (Å²) in [6.07, 6.45) is 0.615. The molecule has 0 amide bonds. The highest BCUT2D eigenvalue weighted by Gasteiger charge is 2.15. The second kappa shape index (κ2) is 8.64. The van der Waals surface area contributed by atoms with Gasteiger partial charge >= 0.3 is 6.61 Å². The molecule has 1 N–H and O–H groups in total. The van der Waals surface area contributed by atoms with Crippen LogP contribution >= 0.6 is 12.4 Å². The number of hydrogen-bond donors (Lipinski definition) is 1. The zero-order chi connectivity index (χ0) is 16.1. The molecule has 1 unspecified atom stereocenters. The molecular formula is C14H18ClF2N3O3. The van der Waals surface area contributed by atoms with E-state index in [1.807, 2.05) is 14.0 Å². The van der Waals surface area contributed by atoms with Gasteiger partial charge in [-0.15, -0.1) is 12.4 Å². The number of likely N-dealkylation sites (N-methyl/N-ethyl adjacent to an activating group) is 1. The largest absolute Gasteiger partial charge is 0.493 e. The van der Waals surface area contributed by atoms with Gasteiger partial charge in [0.15, 0.2) is 17.3 Å². The lowest BCUT2D eigenvalue weighted by molar-refractivity contribution is -0.0512. The highest BCUT2D eigenvalue weighted by atomic mass is 35.5. The van der Waals surface area contributed by atoms with Crippen molar-refractivity contribution in [3.05, 3.63) is 24.0 Å². The third-order valence-electron chi connectivity index (χ3n) is 3.08. The van der Waals surface area contributed by atoms with Gasteiger partial charge in [0.1, 0.15) is 0 Å². The lowest BCUT2D eigenvalue weighted by Crippen LogP contribution is -2.24. The Kier molecular flexibility index (Phi) is 7.18. The third kappa shape index (κ3) is 5.04. The summed E-state index contributed by atoms with van der Waals surface area (Å²) >= 11 is 0. The van der Waals surface area contributed by atoms with Crippen LogP contribution in [0.5, 0.6) is 11.5 Å². The summed E-state index contributed by atoms with van der Waals surface area (Å²) < 4.78 is 39.2.